The first kappa shape index (κ1) is 8.02. The third kappa shape index (κ3) is 1.32. The summed E-state index contributed by atoms with van der Waals surface area (Å²) in [6, 6.07) is 0.417. The molecule has 0 spiro atoms. The first-order valence-electron chi connectivity index (χ1n) is 4.09. The summed E-state index contributed by atoms with van der Waals surface area (Å²) in [6.07, 6.45) is 3.80. The zero-order valence-corrected chi connectivity index (χ0v) is 6.98. The number of hydrogen-bond acceptors (Lipinski definition) is 2. The van der Waals surface area contributed by atoms with Gasteiger partial charge in [0.2, 0.25) is 0 Å². The second kappa shape index (κ2) is 2.89. The quantitative estimate of drug-likeness (QED) is 0.596. The summed E-state index contributed by atoms with van der Waals surface area (Å²) in [5, 5.41) is 3.20. The molecule has 60 valence electrons. The molecule has 0 radical (unpaired) electrons. The summed E-state index contributed by atoms with van der Waals surface area (Å²) in [6.45, 7) is 3.34. The molecular weight excluding hydrogens is 124 g/mol. The van der Waals surface area contributed by atoms with Crippen LogP contribution in [0.25, 0.3) is 0 Å². The van der Waals surface area contributed by atoms with E-state index in [0.717, 1.165) is 6.54 Å². The van der Waals surface area contributed by atoms with Crippen molar-refractivity contribution >= 4 is 0 Å². The van der Waals surface area contributed by atoms with E-state index in [1.807, 2.05) is 7.05 Å². The fourth-order valence-electron chi connectivity index (χ4n) is 1.88. The predicted molar refractivity (Wildman–Crippen MR) is 43.9 cm³/mol. The molecule has 2 heteroatoms. The van der Waals surface area contributed by atoms with Crippen LogP contribution in [-0.4, -0.2) is 19.6 Å². The van der Waals surface area contributed by atoms with Gasteiger partial charge in [-0.05, 0) is 25.3 Å². The minimum absolute atomic E-state index is 0.370. The molecule has 0 aliphatic heterocycles. The molecule has 0 heterocycles. The fraction of sp³-hybridized carbons (Fsp3) is 1.00. The molecule has 3 N–H and O–H groups in total. The van der Waals surface area contributed by atoms with E-state index in [4.69, 9.17) is 5.73 Å². The highest BCUT2D eigenvalue weighted by Crippen LogP contribution is 2.35. The van der Waals surface area contributed by atoms with Crippen LogP contribution in [0.4, 0.5) is 0 Å². The van der Waals surface area contributed by atoms with Crippen molar-refractivity contribution in [1.82, 2.24) is 5.32 Å². The molecule has 1 saturated carbocycles. The smallest absolute Gasteiger partial charge is 0.0105 e. The summed E-state index contributed by atoms with van der Waals surface area (Å²) in [4.78, 5) is 0. The molecule has 0 bridgehead atoms. The van der Waals surface area contributed by atoms with Gasteiger partial charge >= 0.3 is 0 Å². The number of rotatable bonds is 2. The van der Waals surface area contributed by atoms with Gasteiger partial charge in [-0.15, -0.1) is 0 Å². The van der Waals surface area contributed by atoms with Gasteiger partial charge in [0, 0.05) is 12.6 Å². The van der Waals surface area contributed by atoms with Crippen LogP contribution in [-0.2, 0) is 0 Å². The van der Waals surface area contributed by atoms with Gasteiger partial charge in [0.1, 0.15) is 0 Å². The van der Waals surface area contributed by atoms with Crippen LogP contribution in [0.3, 0.4) is 0 Å². The van der Waals surface area contributed by atoms with Crippen LogP contribution in [0.2, 0.25) is 0 Å². The molecule has 2 unspecified atom stereocenters. The van der Waals surface area contributed by atoms with Crippen LogP contribution in [0.15, 0.2) is 0 Å². The molecule has 1 rings (SSSR count). The average molecular weight is 142 g/mol. The SMILES string of the molecule is CNCC1(C)CCCC1N. The topological polar surface area (TPSA) is 38.0 Å². The van der Waals surface area contributed by atoms with Gasteiger partial charge in [-0.3, -0.25) is 0 Å². The number of hydrogen-bond donors (Lipinski definition) is 2. The Morgan fingerprint density at radius 2 is 2.40 bits per heavy atom. The average Bonchev–Trinajstić information content (AvgIpc) is 2.15. The largest absolute Gasteiger partial charge is 0.327 e. The van der Waals surface area contributed by atoms with Gasteiger partial charge in [-0.1, -0.05) is 13.3 Å². The van der Waals surface area contributed by atoms with Crippen molar-refractivity contribution in [2.24, 2.45) is 11.1 Å². The fourth-order valence-corrected chi connectivity index (χ4v) is 1.88. The summed E-state index contributed by atoms with van der Waals surface area (Å²) >= 11 is 0. The second-order valence-electron chi connectivity index (χ2n) is 3.68. The first-order valence-corrected chi connectivity index (χ1v) is 4.09. The van der Waals surface area contributed by atoms with E-state index in [9.17, 15) is 0 Å². The van der Waals surface area contributed by atoms with Crippen molar-refractivity contribution in [3.05, 3.63) is 0 Å². The summed E-state index contributed by atoms with van der Waals surface area (Å²) in [5.41, 5.74) is 6.33. The second-order valence-corrected chi connectivity index (χ2v) is 3.68. The Morgan fingerprint density at radius 3 is 2.80 bits per heavy atom. The highest BCUT2D eigenvalue weighted by Gasteiger charge is 2.35. The van der Waals surface area contributed by atoms with Crippen molar-refractivity contribution in [3.63, 3.8) is 0 Å². The normalized spacial score (nSPS) is 40.5. The maximum Gasteiger partial charge on any atom is 0.0105 e. The molecule has 0 aromatic carbocycles. The van der Waals surface area contributed by atoms with Gasteiger partial charge in [-0.2, -0.15) is 0 Å². The zero-order valence-electron chi connectivity index (χ0n) is 6.98. The molecule has 0 aromatic heterocycles. The van der Waals surface area contributed by atoms with E-state index >= 15 is 0 Å². The van der Waals surface area contributed by atoms with E-state index in [2.05, 4.69) is 12.2 Å². The van der Waals surface area contributed by atoms with E-state index < -0.39 is 0 Å². The minimum atomic E-state index is 0.370. The van der Waals surface area contributed by atoms with Gasteiger partial charge < -0.3 is 11.1 Å². The van der Waals surface area contributed by atoms with Crippen LogP contribution in [0.5, 0.6) is 0 Å². The molecule has 2 nitrogen and oxygen atoms in total. The van der Waals surface area contributed by atoms with Gasteiger partial charge in [0.15, 0.2) is 0 Å². The summed E-state index contributed by atoms with van der Waals surface area (Å²) in [7, 11) is 2.00. The molecule has 0 saturated heterocycles. The zero-order chi connectivity index (χ0) is 7.61. The Balaban J connectivity index is 2.48. The summed E-state index contributed by atoms with van der Waals surface area (Å²) < 4.78 is 0. The number of nitrogens with two attached hydrogens (primary N) is 1. The Hall–Kier alpha value is -0.0800. The van der Waals surface area contributed by atoms with Crippen molar-refractivity contribution in [3.8, 4) is 0 Å². The van der Waals surface area contributed by atoms with E-state index in [-0.39, 0.29) is 0 Å². The maximum atomic E-state index is 5.96. The maximum absolute atomic E-state index is 5.96. The van der Waals surface area contributed by atoms with E-state index in [0.29, 0.717) is 11.5 Å². The Kier molecular flexibility index (Phi) is 2.32. The third-order valence-electron chi connectivity index (χ3n) is 2.74. The van der Waals surface area contributed by atoms with Crippen molar-refractivity contribution in [2.75, 3.05) is 13.6 Å². The molecule has 10 heavy (non-hydrogen) atoms. The standard InChI is InChI=1S/C8H18N2/c1-8(6-10-2)5-3-4-7(8)9/h7,10H,3-6,9H2,1-2H3. The van der Waals surface area contributed by atoms with Gasteiger partial charge in [-0.25, -0.2) is 0 Å². The highest BCUT2D eigenvalue weighted by atomic mass is 14.9. The first-order chi connectivity index (χ1) is 4.69. The lowest BCUT2D eigenvalue weighted by molar-refractivity contribution is 0.286. The molecule has 2 atom stereocenters. The Labute approximate surface area is 63.2 Å². The molecule has 1 aliphatic carbocycles. The molecule has 0 aromatic rings. The molecule has 0 amide bonds. The van der Waals surface area contributed by atoms with Gasteiger partial charge in [0.25, 0.3) is 0 Å². The van der Waals surface area contributed by atoms with Crippen molar-refractivity contribution in [1.29, 1.82) is 0 Å². The lowest BCUT2D eigenvalue weighted by Crippen LogP contribution is -2.41. The lowest BCUT2D eigenvalue weighted by Gasteiger charge is -2.28. The van der Waals surface area contributed by atoms with E-state index in [1.54, 1.807) is 0 Å². The van der Waals surface area contributed by atoms with Crippen LogP contribution in [0.1, 0.15) is 26.2 Å². The molecule has 1 aliphatic rings. The van der Waals surface area contributed by atoms with E-state index in [1.165, 1.54) is 19.3 Å². The Morgan fingerprint density at radius 1 is 1.70 bits per heavy atom. The van der Waals surface area contributed by atoms with Crippen molar-refractivity contribution < 1.29 is 0 Å². The lowest BCUT2D eigenvalue weighted by atomic mass is 9.85. The Bertz CT molecular complexity index is 114. The number of nitrogens with one attached hydrogen (secondary N) is 1. The molecular formula is C8H18N2. The highest BCUT2D eigenvalue weighted by molar-refractivity contribution is 4.92. The third-order valence-corrected chi connectivity index (χ3v) is 2.74. The summed E-state index contributed by atoms with van der Waals surface area (Å²) in [5.74, 6) is 0. The monoisotopic (exact) mass is 142 g/mol. The van der Waals surface area contributed by atoms with Crippen LogP contribution in [0, 0.1) is 5.41 Å². The van der Waals surface area contributed by atoms with Crippen molar-refractivity contribution in [2.45, 2.75) is 32.2 Å². The van der Waals surface area contributed by atoms with Crippen LogP contribution >= 0.6 is 0 Å². The molecule has 1 fully saturated rings. The minimum Gasteiger partial charge on any atom is -0.327 e. The van der Waals surface area contributed by atoms with Gasteiger partial charge in [0.05, 0.1) is 0 Å². The predicted octanol–water partition coefficient (Wildman–Crippen LogP) is 0.723. The van der Waals surface area contributed by atoms with Crippen LogP contribution < -0.4 is 11.1 Å².